The Morgan fingerprint density at radius 1 is 1.35 bits per heavy atom. The van der Waals surface area contributed by atoms with Crippen LogP contribution in [0.1, 0.15) is 25.8 Å². The minimum absolute atomic E-state index is 0.0976. The lowest BCUT2D eigenvalue weighted by Crippen LogP contribution is -1.98. The van der Waals surface area contributed by atoms with E-state index < -0.39 is 0 Å². The van der Waals surface area contributed by atoms with E-state index in [1.165, 1.54) is 11.1 Å². The van der Waals surface area contributed by atoms with Gasteiger partial charge < -0.3 is 9.53 Å². The summed E-state index contributed by atoms with van der Waals surface area (Å²) in [6, 6.07) is 10.1. The molecule has 0 aromatic heterocycles. The molecule has 92 valence electrons. The van der Waals surface area contributed by atoms with Gasteiger partial charge in [0.25, 0.3) is 0 Å². The van der Waals surface area contributed by atoms with Crippen molar-refractivity contribution in [2.75, 3.05) is 6.61 Å². The Balaban J connectivity index is 2.23. The van der Waals surface area contributed by atoms with Gasteiger partial charge in [0.1, 0.15) is 6.29 Å². The summed E-state index contributed by atoms with van der Waals surface area (Å²) in [5.41, 5.74) is 2.39. The van der Waals surface area contributed by atoms with Crippen LogP contribution in [0, 0.1) is 5.92 Å². The van der Waals surface area contributed by atoms with Crippen molar-refractivity contribution in [1.82, 2.24) is 0 Å². The quantitative estimate of drug-likeness (QED) is 0.409. The minimum atomic E-state index is 0.0976. The van der Waals surface area contributed by atoms with Gasteiger partial charge in [-0.2, -0.15) is 0 Å². The van der Waals surface area contributed by atoms with Crippen molar-refractivity contribution in [2.45, 2.75) is 26.9 Å². The highest BCUT2D eigenvalue weighted by Gasteiger charge is 1.99. The molecule has 0 aliphatic rings. The number of aldehydes is 1. The van der Waals surface area contributed by atoms with Crippen molar-refractivity contribution >= 4 is 6.29 Å². The molecular formula is C15H20O2. The highest BCUT2D eigenvalue weighted by molar-refractivity contribution is 5.53. The van der Waals surface area contributed by atoms with Crippen LogP contribution in [0.2, 0.25) is 0 Å². The fourth-order valence-corrected chi connectivity index (χ4v) is 1.59. The lowest BCUT2D eigenvalue weighted by atomic mass is 10.0. The third-order valence-corrected chi connectivity index (χ3v) is 2.54. The second kappa shape index (κ2) is 7.80. The van der Waals surface area contributed by atoms with E-state index in [1.54, 1.807) is 0 Å². The molecule has 0 fully saturated rings. The van der Waals surface area contributed by atoms with Gasteiger partial charge in [0, 0.05) is 5.92 Å². The van der Waals surface area contributed by atoms with Gasteiger partial charge in [-0.3, -0.25) is 0 Å². The molecule has 0 saturated carbocycles. The Hall–Kier alpha value is -1.41. The summed E-state index contributed by atoms with van der Waals surface area (Å²) in [4.78, 5) is 10.5. The average Bonchev–Trinajstić information content (AvgIpc) is 2.36. The standard InChI is InChI=1S/C15H20O2/c1-13(10-14(2)11-16)8-9-17-12-15-6-4-3-5-7-15/h3-8,11,14H,9-10,12H2,1-2H3/b13-8+/t14-/m0/s1. The largest absolute Gasteiger partial charge is 0.373 e. The Morgan fingerprint density at radius 2 is 2.06 bits per heavy atom. The first-order valence-electron chi connectivity index (χ1n) is 5.95. The van der Waals surface area contributed by atoms with Gasteiger partial charge in [-0.25, -0.2) is 0 Å². The maximum absolute atomic E-state index is 10.5. The van der Waals surface area contributed by atoms with Gasteiger partial charge in [0.05, 0.1) is 13.2 Å². The van der Waals surface area contributed by atoms with Crippen molar-refractivity contribution in [3.8, 4) is 0 Å². The smallest absolute Gasteiger partial charge is 0.123 e. The van der Waals surface area contributed by atoms with Crippen molar-refractivity contribution in [3.05, 3.63) is 47.5 Å². The van der Waals surface area contributed by atoms with Crippen LogP contribution in [0.4, 0.5) is 0 Å². The zero-order valence-corrected chi connectivity index (χ0v) is 10.6. The average molecular weight is 232 g/mol. The normalized spacial score (nSPS) is 13.4. The molecule has 1 atom stereocenters. The highest BCUT2D eigenvalue weighted by Crippen LogP contribution is 2.08. The van der Waals surface area contributed by atoms with Gasteiger partial charge in [-0.15, -0.1) is 0 Å². The van der Waals surface area contributed by atoms with Crippen LogP contribution in [0.3, 0.4) is 0 Å². The highest BCUT2D eigenvalue weighted by atomic mass is 16.5. The zero-order valence-electron chi connectivity index (χ0n) is 10.6. The van der Waals surface area contributed by atoms with Crippen LogP contribution in [0.15, 0.2) is 42.0 Å². The van der Waals surface area contributed by atoms with Gasteiger partial charge >= 0.3 is 0 Å². The molecule has 17 heavy (non-hydrogen) atoms. The monoisotopic (exact) mass is 232 g/mol. The molecule has 0 heterocycles. The molecule has 0 radical (unpaired) electrons. The molecule has 2 nitrogen and oxygen atoms in total. The number of hydrogen-bond acceptors (Lipinski definition) is 2. The van der Waals surface area contributed by atoms with Crippen LogP contribution >= 0.6 is 0 Å². The third kappa shape index (κ3) is 6.03. The van der Waals surface area contributed by atoms with Gasteiger partial charge in [0.2, 0.25) is 0 Å². The molecule has 0 amide bonds. The lowest BCUT2D eigenvalue weighted by Gasteiger charge is -2.05. The van der Waals surface area contributed by atoms with Crippen molar-refractivity contribution in [2.24, 2.45) is 5.92 Å². The summed E-state index contributed by atoms with van der Waals surface area (Å²) in [5.74, 6) is 0.0976. The molecular weight excluding hydrogens is 212 g/mol. The minimum Gasteiger partial charge on any atom is -0.373 e. The van der Waals surface area contributed by atoms with Gasteiger partial charge in [-0.05, 0) is 18.9 Å². The number of benzene rings is 1. The summed E-state index contributed by atoms with van der Waals surface area (Å²) in [6.45, 7) is 5.20. The Labute approximate surface area is 103 Å². The molecule has 2 heteroatoms. The summed E-state index contributed by atoms with van der Waals surface area (Å²) in [7, 11) is 0. The molecule has 0 aliphatic heterocycles. The maximum Gasteiger partial charge on any atom is 0.123 e. The first-order chi connectivity index (χ1) is 8.22. The number of carbonyl (C=O) groups is 1. The Morgan fingerprint density at radius 3 is 2.71 bits per heavy atom. The molecule has 0 aliphatic carbocycles. The van der Waals surface area contributed by atoms with E-state index in [0.29, 0.717) is 13.2 Å². The maximum atomic E-state index is 10.5. The van der Waals surface area contributed by atoms with E-state index >= 15 is 0 Å². The number of carbonyl (C=O) groups excluding carboxylic acids is 1. The molecule has 0 bridgehead atoms. The van der Waals surface area contributed by atoms with E-state index in [1.807, 2.05) is 50.3 Å². The predicted molar refractivity (Wildman–Crippen MR) is 69.7 cm³/mol. The number of hydrogen-bond donors (Lipinski definition) is 0. The van der Waals surface area contributed by atoms with E-state index in [9.17, 15) is 4.79 Å². The number of rotatable bonds is 7. The Kier molecular flexibility index (Phi) is 6.26. The second-order valence-electron chi connectivity index (χ2n) is 4.37. The van der Waals surface area contributed by atoms with Crippen LogP contribution in [-0.2, 0) is 16.1 Å². The van der Waals surface area contributed by atoms with Gasteiger partial charge in [-0.1, -0.05) is 48.9 Å². The van der Waals surface area contributed by atoms with Crippen molar-refractivity contribution in [3.63, 3.8) is 0 Å². The predicted octanol–water partition coefficient (Wildman–Crippen LogP) is 3.37. The van der Waals surface area contributed by atoms with E-state index in [4.69, 9.17) is 4.74 Å². The van der Waals surface area contributed by atoms with Crippen LogP contribution in [0.5, 0.6) is 0 Å². The summed E-state index contributed by atoms with van der Waals surface area (Å²) >= 11 is 0. The number of ether oxygens (including phenoxy) is 1. The second-order valence-corrected chi connectivity index (χ2v) is 4.37. The third-order valence-electron chi connectivity index (χ3n) is 2.54. The first-order valence-corrected chi connectivity index (χ1v) is 5.95. The van der Waals surface area contributed by atoms with E-state index in [0.717, 1.165) is 12.7 Å². The SMILES string of the molecule is C/C(=C\COCc1ccccc1)C[C@H](C)C=O. The molecule has 0 saturated heterocycles. The molecule has 0 unspecified atom stereocenters. The molecule has 0 spiro atoms. The fourth-order valence-electron chi connectivity index (χ4n) is 1.59. The first kappa shape index (κ1) is 13.7. The van der Waals surface area contributed by atoms with Crippen LogP contribution < -0.4 is 0 Å². The fraction of sp³-hybridized carbons (Fsp3) is 0.400. The van der Waals surface area contributed by atoms with E-state index in [-0.39, 0.29) is 5.92 Å². The summed E-state index contributed by atoms with van der Waals surface area (Å²) in [5, 5.41) is 0. The molecule has 1 aromatic rings. The van der Waals surface area contributed by atoms with Crippen molar-refractivity contribution < 1.29 is 9.53 Å². The summed E-state index contributed by atoms with van der Waals surface area (Å²) in [6.07, 6.45) is 3.85. The lowest BCUT2D eigenvalue weighted by molar-refractivity contribution is -0.110. The summed E-state index contributed by atoms with van der Waals surface area (Å²) < 4.78 is 5.54. The van der Waals surface area contributed by atoms with Crippen LogP contribution in [-0.4, -0.2) is 12.9 Å². The topological polar surface area (TPSA) is 26.3 Å². The molecule has 1 aromatic carbocycles. The van der Waals surface area contributed by atoms with Gasteiger partial charge in [0.15, 0.2) is 0 Å². The number of allylic oxidation sites excluding steroid dienone is 1. The molecule has 0 N–H and O–H groups in total. The van der Waals surface area contributed by atoms with E-state index in [2.05, 4.69) is 0 Å². The van der Waals surface area contributed by atoms with Crippen LogP contribution in [0.25, 0.3) is 0 Å². The molecule has 1 rings (SSSR count). The Bertz CT molecular complexity index is 354. The zero-order chi connectivity index (χ0) is 12.5. The van der Waals surface area contributed by atoms with Crippen molar-refractivity contribution in [1.29, 1.82) is 0 Å².